The van der Waals surface area contributed by atoms with Gasteiger partial charge in [-0.25, -0.2) is 35.1 Å². The SMILES string of the molecule is FC1(F)[C@@H]([C@@H]2[C@H](OCc3ccccc3)C2(F)F)[C@@H]1COC/C=C/COC[C@H]1[C@H]([C@@H]2[C@H](OCc3ccccc3)C2(F)F)C1(F)F. The van der Waals surface area contributed by atoms with Crippen LogP contribution >= 0.6 is 0 Å². The first-order chi connectivity index (χ1) is 20.9. The Labute approximate surface area is 249 Å². The Hall–Kier alpha value is -2.54. The van der Waals surface area contributed by atoms with E-state index in [0.29, 0.717) is 11.1 Å². The first-order valence-electron chi connectivity index (χ1n) is 14.5. The first-order valence-corrected chi connectivity index (χ1v) is 14.5. The van der Waals surface area contributed by atoms with Gasteiger partial charge in [0, 0.05) is 11.8 Å². The van der Waals surface area contributed by atoms with Crippen molar-refractivity contribution in [3.63, 3.8) is 0 Å². The molecule has 0 heterocycles. The van der Waals surface area contributed by atoms with Crippen LogP contribution in [0.15, 0.2) is 72.8 Å². The number of benzene rings is 2. The van der Waals surface area contributed by atoms with E-state index in [4.69, 9.17) is 18.9 Å². The molecule has 2 aromatic rings. The van der Waals surface area contributed by atoms with Crippen LogP contribution in [-0.4, -0.2) is 62.3 Å². The van der Waals surface area contributed by atoms with Gasteiger partial charge in [-0.3, -0.25) is 0 Å². The second kappa shape index (κ2) is 11.7. The van der Waals surface area contributed by atoms with Crippen LogP contribution in [-0.2, 0) is 32.2 Å². The molecule has 8 atom stereocenters. The molecule has 4 aliphatic carbocycles. The van der Waals surface area contributed by atoms with Crippen LogP contribution in [0.5, 0.6) is 0 Å². The van der Waals surface area contributed by atoms with Crippen LogP contribution in [0.1, 0.15) is 11.1 Å². The van der Waals surface area contributed by atoms with Crippen molar-refractivity contribution in [2.75, 3.05) is 26.4 Å². The van der Waals surface area contributed by atoms with Crippen molar-refractivity contribution in [3.8, 4) is 0 Å². The van der Waals surface area contributed by atoms with Crippen molar-refractivity contribution in [1.82, 2.24) is 0 Å². The maximum absolute atomic E-state index is 14.3. The quantitative estimate of drug-likeness (QED) is 0.113. The molecule has 0 amide bonds. The molecule has 0 saturated heterocycles. The van der Waals surface area contributed by atoms with Crippen molar-refractivity contribution in [2.45, 2.75) is 49.1 Å². The maximum atomic E-state index is 14.3. The predicted octanol–water partition coefficient (Wildman–Crippen LogP) is 7.04. The smallest absolute Gasteiger partial charge is 0.280 e. The fourth-order valence-electron chi connectivity index (χ4n) is 6.35. The fraction of sp³-hybridized carbons (Fsp3) is 0.562. The van der Waals surface area contributed by atoms with E-state index in [1.54, 1.807) is 60.7 Å². The highest BCUT2D eigenvalue weighted by Crippen LogP contribution is 2.71. The third-order valence-electron chi connectivity index (χ3n) is 9.12. The second-order valence-corrected chi connectivity index (χ2v) is 12.0. The van der Waals surface area contributed by atoms with Gasteiger partial charge in [0.1, 0.15) is 12.2 Å². The molecule has 0 N–H and O–H groups in total. The minimum absolute atomic E-state index is 0.0975. The highest BCUT2D eigenvalue weighted by molar-refractivity contribution is 5.24. The molecule has 4 nitrogen and oxygen atoms in total. The molecule has 0 unspecified atom stereocenters. The van der Waals surface area contributed by atoms with E-state index in [2.05, 4.69) is 0 Å². The third kappa shape index (κ3) is 6.02. The molecule has 4 aliphatic rings. The van der Waals surface area contributed by atoms with Gasteiger partial charge in [-0.15, -0.1) is 0 Å². The van der Waals surface area contributed by atoms with E-state index in [1.807, 2.05) is 0 Å². The van der Waals surface area contributed by atoms with E-state index in [9.17, 15) is 35.1 Å². The van der Waals surface area contributed by atoms with Gasteiger partial charge in [0.2, 0.25) is 0 Å². The van der Waals surface area contributed by atoms with Crippen molar-refractivity contribution in [2.24, 2.45) is 35.5 Å². The molecule has 0 bridgehead atoms. The van der Waals surface area contributed by atoms with E-state index in [-0.39, 0.29) is 26.4 Å². The second-order valence-electron chi connectivity index (χ2n) is 12.0. The Bertz CT molecular complexity index is 1210. The van der Waals surface area contributed by atoms with Gasteiger partial charge in [0.05, 0.1) is 63.3 Å². The summed E-state index contributed by atoms with van der Waals surface area (Å²) < 4.78 is 135. The summed E-state index contributed by atoms with van der Waals surface area (Å²) in [5.41, 5.74) is 1.33. The molecule has 2 aromatic carbocycles. The van der Waals surface area contributed by atoms with E-state index >= 15 is 0 Å². The summed E-state index contributed by atoms with van der Waals surface area (Å²) in [5.74, 6) is -22.2. The standard InChI is InChI=1S/C32H32F8O4/c33-29(34)21(23(29)25-27(31(25,37)38)43-15-19-9-3-1-4-10-19)17-41-13-7-8-14-42-18-22-24(30(22,35)36)26-28(32(26,39)40)44-16-20-11-5-2-6-12-20/h1-12,21-28H,13-18H2/b8-7+/t21-,22-,23+,24+,25+,26+,27-,28-/m0/s1. The van der Waals surface area contributed by atoms with Crippen molar-refractivity contribution in [1.29, 1.82) is 0 Å². The number of hydrogen-bond donors (Lipinski definition) is 0. The summed E-state index contributed by atoms with van der Waals surface area (Å²) in [6.07, 6.45) is -0.286. The van der Waals surface area contributed by atoms with Gasteiger partial charge in [0.15, 0.2) is 0 Å². The van der Waals surface area contributed by atoms with E-state index in [1.165, 1.54) is 12.2 Å². The molecule has 44 heavy (non-hydrogen) atoms. The van der Waals surface area contributed by atoms with Crippen LogP contribution < -0.4 is 0 Å². The largest absolute Gasteiger partial charge is 0.377 e. The highest BCUT2D eigenvalue weighted by atomic mass is 19.3. The zero-order valence-electron chi connectivity index (χ0n) is 23.4. The van der Waals surface area contributed by atoms with Crippen LogP contribution in [0.25, 0.3) is 0 Å². The van der Waals surface area contributed by atoms with Gasteiger partial charge >= 0.3 is 0 Å². The average molecular weight is 633 g/mol. The number of halogens is 8. The van der Waals surface area contributed by atoms with Crippen molar-refractivity contribution >= 4 is 0 Å². The molecular formula is C32H32F8O4. The van der Waals surface area contributed by atoms with Crippen molar-refractivity contribution < 1.29 is 54.1 Å². The summed E-state index contributed by atoms with van der Waals surface area (Å²) in [7, 11) is 0. The Morgan fingerprint density at radius 2 is 0.864 bits per heavy atom. The number of rotatable bonds is 16. The van der Waals surface area contributed by atoms with Gasteiger partial charge in [-0.2, -0.15) is 0 Å². The molecule has 4 saturated carbocycles. The summed E-state index contributed by atoms with van der Waals surface area (Å²) in [6, 6.07) is 17.2. The average Bonchev–Trinajstić information content (AvgIpc) is 3.93. The summed E-state index contributed by atoms with van der Waals surface area (Å²) in [6.45, 7) is -1.29. The van der Waals surface area contributed by atoms with Gasteiger partial charge in [0.25, 0.3) is 23.7 Å². The number of ether oxygens (including phenoxy) is 4. The van der Waals surface area contributed by atoms with Crippen LogP contribution in [0.4, 0.5) is 35.1 Å². The maximum Gasteiger partial charge on any atom is 0.280 e. The lowest BCUT2D eigenvalue weighted by Gasteiger charge is -2.02. The number of hydrogen-bond acceptors (Lipinski definition) is 4. The lowest BCUT2D eigenvalue weighted by atomic mass is 10.2. The van der Waals surface area contributed by atoms with Gasteiger partial charge in [-0.1, -0.05) is 72.8 Å². The molecule has 4 fully saturated rings. The van der Waals surface area contributed by atoms with Gasteiger partial charge < -0.3 is 18.9 Å². The van der Waals surface area contributed by atoms with Crippen molar-refractivity contribution in [3.05, 3.63) is 83.9 Å². The fourth-order valence-corrected chi connectivity index (χ4v) is 6.35. The Morgan fingerprint density at radius 1 is 0.500 bits per heavy atom. The number of alkyl halides is 8. The molecule has 12 heteroatoms. The molecule has 0 spiro atoms. The highest BCUT2D eigenvalue weighted by Gasteiger charge is 2.86. The van der Waals surface area contributed by atoms with Gasteiger partial charge in [-0.05, 0) is 11.1 Å². The zero-order valence-corrected chi connectivity index (χ0v) is 23.4. The van der Waals surface area contributed by atoms with E-state index < -0.39 is 84.6 Å². The zero-order chi connectivity index (χ0) is 31.3. The van der Waals surface area contributed by atoms with Crippen LogP contribution in [0, 0.1) is 35.5 Å². The summed E-state index contributed by atoms with van der Waals surface area (Å²) in [5, 5.41) is 0. The normalized spacial score (nSPS) is 35.0. The van der Waals surface area contributed by atoms with Crippen LogP contribution in [0.2, 0.25) is 0 Å². The minimum atomic E-state index is -3.34. The molecular weight excluding hydrogens is 600 g/mol. The summed E-state index contributed by atoms with van der Waals surface area (Å²) in [4.78, 5) is 0. The minimum Gasteiger partial charge on any atom is -0.377 e. The Kier molecular flexibility index (Phi) is 8.34. The topological polar surface area (TPSA) is 36.9 Å². The molecule has 0 aliphatic heterocycles. The predicted molar refractivity (Wildman–Crippen MR) is 142 cm³/mol. The summed E-state index contributed by atoms with van der Waals surface area (Å²) >= 11 is 0. The van der Waals surface area contributed by atoms with Crippen LogP contribution in [0.3, 0.4) is 0 Å². The lowest BCUT2D eigenvalue weighted by Crippen LogP contribution is -2.04. The Morgan fingerprint density at radius 3 is 1.23 bits per heavy atom. The monoisotopic (exact) mass is 632 g/mol. The molecule has 240 valence electrons. The molecule has 0 aromatic heterocycles. The lowest BCUT2D eigenvalue weighted by molar-refractivity contribution is 0.00486. The third-order valence-corrected chi connectivity index (χ3v) is 9.12. The molecule has 0 radical (unpaired) electrons. The Balaban J connectivity index is 0.872. The van der Waals surface area contributed by atoms with E-state index in [0.717, 1.165) is 0 Å². The molecule has 6 rings (SSSR count). The first kappa shape index (κ1) is 31.4.